The summed E-state index contributed by atoms with van der Waals surface area (Å²) in [6.07, 6.45) is 0. The topological polar surface area (TPSA) is 49.3 Å². The van der Waals surface area contributed by atoms with Crippen molar-refractivity contribution in [2.45, 2.75) is 32.9 Å². The van der Waals surface area contributed by atoms with E-state index in [9.17, 15) is 0 Å². The summed E-state index contributed by atoms with van der Waals surface area (Å²) in [6, 6.07) is 10.00. The molecule has 1 fully saturated rings. The molecule has 6 nitrogen and oxygen atoms in total. The van der Waals surface area contributed by atoms with Gasteiger partial charge in [0.05, 0.1) is 6.67 Å². The summed E-state index contributed by atoms with van der Waals surface area (Å²) in [4.78, 5) is 9.36. The van der Waals surface area contributed by atoms with Gasteiger partial charge >= 0.3 is 0 Å². The van der Waals surface area contributed by atoms with Gasteiger partial charge in [-0.05, 0) is 24.4 Å². The Morgan fingerprint density at radius 3 is 2.35 bits per heavy atom. The summed E-state index contributed by atoms with van der Waals surface area (Å²) in [5.74, 6) is 1.88. The minimum Gasteiger partial charge on any atom is -0.492 e. The van der Waals surface area contributed by atoms with E-state index in [-0.39, 0.29) is 5.41 Å². The highest BCUT2D eigenvalue weighted by Gasteiger charge is 2.21. The number of piperazine rings is 1. The molecule has 0 unspecified atom stereocenters. The Morgan fingerprint density at radius 2 is 1.73 bits per heavy atom. The van der Waals surface area contributed by atoms with Crippen LogP contribution in [0.5, 0.6) is 5.75 Å². The van der Waals surface area contributed by atoms with Gasteiger partial charge in [0, 0.05) is 38.1 Å². The lowest BCUT2D eigenvalue weighted by Crippen LogP contribution is -2.47. The lowest BCUT2D eigenvalue weighted by atomic mass is 9.96. The van der Waals surface area contributed by atoms with Crippen molar-refractivity contribution in [3.8, 4) is 5.75 Å². The summed E-state index contributed by atoms with van der Waals surface area (Å²) < 4.78 is 8.40. The molecule has 26 heavy (non-hydrogen) atoms. The van der Waals surface area contributed by atoms with Crippen LogP contribution in [0.25, 0.3) is 0 Å². The Kier molecular flexibility index (Phi) is 6.11. The van der Waals surface area contributed by atoms with Crippen LogP contribution in [-0.4, -0.2) is 63.9 Å². The average Bonchev–Trinajstić information content (AvgIpc) is 2.98. The fourth-order valence-corrected chi connectivity index (χ4v) is 3.15. The number of para-hydroxylation sites is 1. The first-order valence-electron chi connectivity index (χ1n) is 9.22. The standard InChI is InChI=1S/C19H29N5OS/c1-19(2,3)17-20-18(26)24(21-17)15-23-11-9-22(10-12-23)13-14-25-16-7-5-4-6-8-16/h4-8H,9-15H2,1-3H3,(H,20,21,26). The molecule has 0 spiro atoms. The van der Waals surface area contributed by atoms with Crippen LogP contribution in [0, 0.1) is 4.77 Å². The SMILES string of the molecule is CC(C)(C)c1nc(=S)n(CN2CCN(CCOc3ccccc3)CC2)[nH]1. The minimum absolute atomic E-state index is 0.0176. The number of H-pyrrole nitrogens is 1. The van der Waals surface area contributed by atoms with Gasteiger partial charge in [0.1, 0.15) is 18.2 Å². The van der Waals surface area contributed by atoms with E-state index in [1.165, 1.54) is 0 Å². The zero-order chi connectivity index (χ0) is 18.6. The van der Waals surface area contributed by atoms with Crippen molar-refractivity contribution in [2.75, 3.05) is 39.3 Å². The minimum atomic E-state index is -0.0176. The molecule has 0 bridgehead atoms. The molecule has 1 aliphatic rings. The number of aromatic nitrogens is 3. The van der Waals surface area contributed by atoms with Crippen LogP contribution in [0.1, 0.15) is 26.6 Å². The van der Waals surface area contributed by atoms with E-state index in [2.05, 4.69) is 40.7 Å². The summed E-state index contributed by atoms with van der Waals surface area (Å²) in [7, 11) is 0. The Hall–Kier alpha value is -1.70. The van der Waals surface area contributed by atoms with Crippen LogP contribution in [0.4, 0.5) is 0 Å². The van der Waals surface area contributed by atoms with Crippen LogP contribution < -0.4 is 4.74 Å². The first-order chi connectivity index (χ1) is 12.4. The Morgan fingerprint density at radius 1 is 1.08 bits per heavy atom. The maximum Gasteiger partial charge on any atom is 0.217 e. The van der Waals surface area contributed by atoms with E-state index in [0.29, 0.717) is 4.77 Å². The van der Waals surface area contributed by atoms with E-state index < -0.39 is 0 Å². The molecule has 0 saturated carbocycles. The highest BCUT2D eigenvalue weighted by atomic mass is 32.1. The first-order valence-corrected chi connectivity index (χ1v) is 9.62. The number of benzene rings is 1. The first kappa shape index (κ1) is 19.1. The molecule has 2 heterocycles. The van der Waals surface area contributed by atoms with Gasteiger partial charge in [-0.1, -0.05) is 39.0 Å². The second kappa shape index (κ2) is 8.33. The summed E-state index contributed by atoms with van der Waals surface area (Å²) in [6.45, 7) is 13.0. The number of nitrogens with zero attached hydrogens (tertiary/aromatic N) is 4. The third-order valence-electron chi connectivity index (χ3n) is 4.62. The molecular weight excluding hydrogens is 346 g/mol. The van der Waals surface area contributed by atoms with E-state index in [4.69, 9.17) is 17.0 Å². The molecule has 0 aliphatic carbocycles. The van der Waals surface area contributed by atoms with Crippen molar-refractivity contribution < 1.29 is 4.74 Å². The summed E-state index contributed by atoms with van der Waals surface area (Å²) in [5.41, 5.74) is -0.0176. The smallest absolute Gasteiger partial charge is 0.217 e. The third-order valence-corrected chi connectivity index (χ3v) is 4.93. The van der Waals surface area contributed by atoms with Crippen LogP contribution in [0.15, 0.2) is 30.3 Å². The van der Waals surface area contributed by atoms with Gasteiger partial charge in [0.25, 0.3) is 0 Å². The van der Waals surface area contributed by atoms with E-state index >= 15 is 0 Å². The molecule has 7 heteroatoms. The van der Waals surface area contributed by atoms with E-state index in [1.54, 1.807) is 0 Å². The second-order valence-electron chi connectivity index (χ2n) is 7.80. The second-order valence-corrected chi connectivity index (χ2v) is 8.16. The van der Waals surface area contributed by atoms with Crippen molar-refractivity contribution in [3.05, 3.63) is 40.9 Å². The third kappa shape index (κ3) is 5.16. The molecule has 1 N–H and O–H groups in total. The average molecular weight is 376 g/mol. The lowest BCUT2D eigenvalue weighted by molar-refractivity contribution is 0.0919. The van der Waals surface area contributed by atoms with Crippen molar-refractivity contribution in [1.29, 1.82) is 0 Å². The van der Waals surface area contributed by atoms with Crippen molar-refractivity contribution in [3.63, 3.8) is 0 Å². The zero-order valence-corrected chi connectivity index (χ0v) is 16.8. The monoisotopic (exact) mass is 375 g/mol. The van der Waals surface area contributed by atoms with Crippen LogP contribution in [-0.2, 0) is 12.1 Å². The van der Waals surface area contributed by atoms with Crippen molar-refractivity contribution in [2.24, 2.45) is 0 Å². The fraction of sp³-hybridized carbons (Fsp3) is 0.579. The molecule has 1 saturated heterocycles. The molecule has 1 aromatic carbocycles. The van der Waals surface area contributed by atoms with Gasteiger partial charge in [0.2, 0.25) is 4.77 Å². The predicted octanol–water partition coefficient (Wildman–Crippen LogP) is 2.89. The van der Waals surface area contributed by atoms with Gasteiger partial charge in [-0.2, -0.15) is 0 Å². The number of hydrogen-bond donors (Lipinski definition) is 1. The van der Waals surface area contributed by atoms with Crippen molar-refractivity contribution in [1.82, 2.24) is 24.6 Å². The van der Waals surface area contributed by atoms with Crippen LogP contribution in [0.3, 0.4) is 0 Å². The van der Waals surface area contributed by atoms with Gasteiger partial charge in [-0.25, -0.2) is 9.67 Å². The molecule has 1 aliphatic heterocycles. The normalized spacial score (nSPS) is 16.7. The molecule has 0 atom stereocenters. The van der Waals surface area contributed by atoms with Gasteiger partial charge in [0.15, 0.2) is 0 Å². The molecule has 2 aromatic rings. The van der Waals surface area contributed by atoms with Gasteiger partial charge < -0.3 is 4.74 Å². The molecule has 1 aromatic heterocycles. The maximum atomic E-state index is 5.80. The molecule has 0 amide bonds. The zero-order valence-electron chi connectivity index (χ0n) is 15.9. The number of nitrogens with one attached hydrogen (secondary N) is 1. The molecule has 0 radical (unpaired) electrons. The van der Waals surface area contributed by atoms with E-state index in [1.807, 2.05) is 35.0 Å². The lowest BCUT2D eigenvalue weighted by Gasteiger charge is -2.34. The number of hydrogen-bond acceptors (Lipinski definition) is 5. The quantitative estimate of drug-likeness (QED) is 0.787. The summed E-state index contributed by atoms with van der Waals surface area (Å²) in [5, 5.41) is 3.36. The van der Waals surface area contributed by atoms with Gasteiger partial charge in [-0.15, -0.1) is 0 Å². The van der Waals surface area contributed by atoms with Crippen LogP contribution >= 0.6 is 12.2 Å². The Bertz CT molecular complexity index is 741. The fourth-order valence-electron chi connectivity index (χ4n) is 2.95. The van der Waals surface area contributed by atoms with E-state index in [0.717, 1.165) is 57.6 Å². The van der Waals surface area contributed by atoms with Crippen molar-refractivity contribution >= 4 is 12.2 Å². The van der Waals surface area contributed by atoms with Crippen LogP contribution in [0.2, 0.25) is 0 Å². The molecule has 142 valence electrons. The molecule has 3 rings (SSSR count). The Labute approximate surface area is 160 Å². The highest BCUT2D eigenvalue weighted by Crippen LogP contribution is 2.18. The van der Waals surface area contributed by atoms with Gasteiger partial charge in [-0.3, -0.25) is 14.9 Å². The maximum absolute atomic E-state index is 5.80. The molecular formula is C19H29N5OS. The number of ether oxygens (including phenoxy) is 1. The number of aromatic amines is 1. The number of rotatable bonds is 6. The Balaban J connectivity index is 1.43. The predicted molar refractivity (Wildman–Crippen MR) is 106 cm³/mol. The largest absolute Gasteiger partial charge is 0.492 e. The highest BCUT2D eigenvalue weighted by molar-refractivity contribution is 7.71. The summed E-state index contributed by atoms with van der Waals surface area (Å²) >= 11 is 5.40.